The van der Waals surface area contributed by atoms with Crippen LogP contribution in [-0.4, -0.2) is 62.9 Å². The lowest BCUT2D eigenvalue weighted by Crippen LogP contribution is -2.40. The summed E-state index contributed by atoms with van der Waals surface area (Å²) in [6.45, 7) is 5.63. The van der Waals surface area contributed by atoms with Gasteiger partial charge in [0, 0.05) is 32.3 Å². The first-order valence-corrected chi connectivity index (χ1v) is 9.93. The number of amides is 1. The Morgan fingerprint density at radius 3 is 2.44 bits per heavy atom. The van der Waals surface area contributed by atoms with E-state index in [1.807, 2.05) is 13.8 Å². The number of carbonyl (C=O) groups excluding carboxylic acids is 1. The minimum atomic E-state index is -3.48. The third-order valence-corrected chi connectivity index (χ3v) is 6.42. The Morgan fingerprint density at radius 1 is 1.28 bits per heavy atom. The van der Waals surface area contributed by atoms with Gasteiger partial charge in [0.05, 0.1) is 18.1 Å². The molecule has 1 aromatic carbocycles. The van der Waals surface area contributed by atoms with Crippen molar-refractivity contribution in [1.29, 1.82) is 0 Å². The van der Waals surface area contributed by atoms with Crippen LogP contribution in [0.15, 0.2) is 35.2 Å². The van der Waals surface area contributed by atoms with E-state index in [4.69, 9.17) is 4.74 Å². The van der Waals surface area contributed by atoms with Crippen molar-refractivity contribution in [3.8, 4) is 0 Å². The predicted molar refractivity (Wildman–Crippen MR) is 97.6 cm³/mol. The zero-order valence-corrected chi connectivity index (χ0v) is 15.8. The zero-order chi connectivity index (χ0) is 18.4. The van der Waals surface area contributed by atoms with Gasteiger partial charge in [0.15, 0.2) is 0 Å². The first kappa shape index (κ1) is 19.6. The fourth-order valence-electron chi connectivity index (χ4n) is 2.46. The first-order valence-electron chi connectivity index (χ1n) is 8.49. The van der Waals surface area contributed by atoms with Crippen molar-refractivity contribution in [3.05, 3.63) is 35.9 Å². The second-order valence-electron chi connectivity index (χ2n) is 6.13. The van der Waals surface area contributed by atoms with Crippen LogP contribution in [0.4, 0.5) is 0 Å². The highest BCUT2D eigenvalue weighted by molar-refractivity contribution is 7.89. The topological polar surface area (TPSA) is 66.9 Å². The summed E-state index contributed by atoms with van der Waals surface area (Å²) in [4.78, 5) is 14.0. The largest absolute Gasteiger partial charge is 0.379 e. The molecule has 2 rings (SSSR count). The number of ether oxygens (including phenoxy) is 1. The van der Waals surface area contributed by atoms with E-state index in [-0.39, 0.29) is 16.8 Å². The van der Waals surface area contributed by atoms with Crippen molar-refractivity contribution in [2.75, 3.05) is 33.4 Å². The lowest BCUT2D eigenvalue weighted by Gasteiger charge is -2.26. The third kappa shape index (κ3) is 4.90. The molecule has 1 aliphatic heterocycles. The van der Waals surface area contributed by atoms with Crippen LogP contribution in [0, 0.1) is 0 Å². The number of morpholine rings is 1. The monoisotopic (exact) mass is 366 g/mol. The Bertz CT molecular complexity index is 707. The molecule has 1 unspecified atom stereocenters. The van der Waals surface area contributed by atoms with Crippen molar-refractivity contribution in [2.24, 2.45) is 0 Å². The van der Waals surface area contributed by atoms with Crippen molar-refractivity contribution < 1.29 is 17.9 Å². The fraction of sp³-hybridized carbons (Fsp3) is 0.500. The van der Waals surface area contributed by atoms with E-state index in [9.17, 15) is 13.2 Å². The Hall–Kier alpha value is -1.70. The third-order valence-electron chi connectivity index (χ3n) is 4.51. The van der Waals surface area contributed by atoms with Gasteiger partial charge in [0.1, 0.15) is 0 Å². The van der Waals surface area contributed by atoms with Gasteiger partial charge in [-0.05, 0) is 37.1 Å². The van der Waals surface area contributed by atoms with Gasteiger partial charge >= 0.3 is 0 Å². The van der Waals surface area contributed by atoms with E-state index >= 15 is 0 Å². The summed E-state index contributed by atoms with van der Waals surface area (Å²) in [5, 5.41) is 0. The molecule has 1 fully saturated rings. The van der Waals surface area contributed by atoms with Gasteiger partial charge < -0.3 is 9.64 Å². The van der Waals surface area contributed by atoms with Crippen LogP contribution in [0.5, 0.6) is 0 Å². The second kappa shape index (κ2) is 8.60. The molecule has 1 aliphatic rings. The molecule has 0 spiro atoms. The highest BCUT2D eigenvalue weighted by Gasteiger charge is 2.25. The number of benzene rings is 1. The maximum atomic E-state index is 12.6. The molecule has 1 amide bonds. The summed E-state index contributed by atoms with van der Waals surface area (Å²) in [7, 11) is -1.71. The fourth-order valence-corrected chi connectivity index (χ4v) is 3.87. The van der Waals surface area contributed by atoms with Crippen LogP contribution in [0.25, 0.3) is 6.08 Å². The van der Waals surface area contributed by atoms with Crippen LogP contribution < -0.4 is 0 Å². The van der Waals surface area contributed by atoms with Gasteiger partial charge in [-0.15, -0.1) is 0 Å². The minimum Gasteiger partial charge on any atom is -0.379 e. The Balaban J connectivity index is 2.07. The molecule has 6 nitrogen and oxygen atoms in total. The molecule has 138 valence electrons. The molecule has 0 aliphatic carbocycles. The van der Waals surface area contributed by atoms with Gasteiger partial charge in [-0.1, -0.05) is 19.1 Å². The molecular formula is C18H26N2O4S. The molecule has 0 N–H and O–H groups in total. The average Bonchev–Trinajstić information content (AvgIpc) is 2.65. The quantitative estimate of drug-likeness (QED) is 0.722. The standard InChI is InChI=1S/C18H26N2O4S/c1-4-15(2)19(3)18(21)10-7-16-5-8-17(9-6-16)25(22,23)20-11-13-24-14-12-20/h5-10,15H,4,11-14H2,1-3H3/b10-7+. The Kier molecular flexibility index (Phi) is 6.75. The zero-order valence-electron chi connectivity index (χ0n) is 15.0. The summed E-state index contributed by atoms with van der Waals surface area (Å²) in [5.74, 6) is -0.0700. The van der Waals surface area contributed by atoms with Crippen molar-refractivity contribution in [1.82, 2.24) is 9.21 Å². The summed E-state index contributed by atoms with van der Waals surface area (Å²) >= 11 is 0. The van der Waals surface area contributed by atoms with E-state index in [0.717, 1.165) is 12.0 Å². The van der Waals surface area contributed by atoms with Crippen molar-refractivity contribution in [3.63, 3.8) is 0 Å². The van der Waals surface area contributed by atoms with E-state index in [1.165, 1.54) is 10.4 Å². The Morgan fingerprint density at radius 2 is 1.88 bits per heavy atom. The maximum absolute atomic E-state index is 12.6. The Labute approximate surface area is 150 Å². The van der Waals surface area contributed by atoms with Crippen LogP contribution >= 0.6 is 0 Å². The molecule has 1 atom stereocenters. The predicted octanol–water partition coefficient (Wildman–Crippen LogP) is 1.98. The molecule has 1 aromatic rings. The number of rotatable bonds is 6. The maximum Gasteiger partial charge on any atom is 0.246 e. The van der Waals surface area contributed by atoms with Crippen LogP contribution in [0.1, 0.15) is 25.8 Å². The van der Waals surface area contributed by atoms with Crippen molar-refractivity contribution >= 4 is 22.0 Å². The molecule has 1 saturated heterocycles. The van der Waals surface area contributed by atoms with Gasteiger partial charge in [-0.25, -0.2) is 8.42 Å². The van der Waals surface area contributed by atoms with Crippen LogP contribution in [0.3, 0.4) is 0 Å². The van der Waals surface area contributed by atoms with Crippen LogP contribution in [0.2, 0.25) is 0 Å². The minimum absolute atomic E-state index is 0.0700. The van der Waals surface area contributed by atoms with E-state index in [0.29, 0.717) is 26.3 Å². The lowest BCUT2D eigenvalue weighted by molar-refractivity contribution is -0.126. The lowest BCUT2D eigenvalue weighted by atomic mass is 10.2. The molecule has 25 heavy (non-hydrogen) atoms. The molecular weight excluding hydrogens is 340 g/mol. The molecule has 0 saturated carbocycles. The highest BCUT2D eigenvalue weighted by atomic mass is 32.2. The molecule has 0 aromatic heterocycles. The first-order chi connectivity index (χ1) is 11.9. The van der Waals surface area contributed by atoms with Gasteiger partial charge in [-0.3, -0.25) is 4.79 Å². The number of nitrogens with zero attached hydrogens (tertiary/aromatic N) is 2. The SMILES string of the molecule is CCC(C)N(C)C(=O)/C=C/c1ccc(S(=O)(=O)N2CCOCC2)cc1. The summed E-state index contributed by atoms with van der Waals surface area (Å²) in [6.07, 6.45) is 4.11. The smallest absolute Gasteiger partial charge is 0.246 e. The summed E-state index contributed by atoms with van der Waals surface area (Å²) < 4.78 is 31.7. The van der Waals surface area contributed by atoms with Gasteiger partial charge in [0.25, 0.3) is 0 Å². The van der Waals surface area contributed by atoms with E-state index < -0.39 is 10.0 Å². The van der Waals surface area contributed by atoms with E-state index in [2.05, 4.69) is 0 Å². The van der Waals surface area contributed by atoms with Gasteiger partial charge in [0.2, 0.25) is 15.9 Å². The second-order valence-corrected chi connectivity index (χ2v) is 8.06. The average molecular weight is 366 g/mol. The number of sulfonamides is 1. The molecule has 1 heterocycles. The number of hydrogen-bond acceptors (Lipinski definition) is 4. The highest BCUT2D eigenvalue weighted by Crippen LogP contribution is 2.18. The van der Waals surface area contributed by atoms with Crippen molar-refractivity contribution in [2.45, 2.75) is 31.2 Å². The summed E-state index contributed by atoms with van der Waals surface area (Å²) in [5.41, 5.74) is 0.784. The number of carbonyl (C=O) groups is 1. The van der Waals surface area contributed by atoms with E-state index in [1.54, 1.807) is 42.3 Å². The summed E-state index contributed by atoms with van der Waals surface area (Å²) in [6, 6.07) is 6.75. The number of hydrogen-bond donors (Lipinski definition) is 0. The number of likely N-dealkylation sites (N-methyl/N-ethyl adjacent to an activating group) is 1. The molecule has 0 radical (unpaired) electrons. The van der Waals surface area contributed by atoms with Crippen LogP contribution in [-0.2, 0) is 19.6 Å². The normalized spacial score (nSPS) is 17.6. The molecule has 7 heteroatoms. The molecule has 0 bridgehead atoms. The van der Waals surface area contributed by atoms with Gasteiger partial charge in [-0.2, -0.15) is 4.31 Å².